The molecule has 1 unspecified atom stereocenters. The number of rotatable bonds is 7. The maximum absolute atomic E-state index is 13.3. The van der Waals surface area contributed by atoms with E-state index in [1.165, 1.54) is 6.07 Å². The molecule has 1 atom stereocenters. The van der Waals surface area contributed by atoms with Crippen LogP contribution in [0.5, 0.6) is 0 Å². The highest BCUT2D eigenvalue weighted by molar-refractivity contribution is 9.08. The molecule has 0 aromatic heterocycles. The number of nitrogens with two attached hydrogens (primary N) is 1. The van der Waals surface area contributed by atoms with Crippen molar-refractivity contribution in [3.05, 3.63) is 83.9 Å². The molecule has 0 saturated heterocycles. The molecule has 0 amide bonds. The number of hydrogen-bond donors (Lipinski definition) is 2. The highest BCUT2D eigenvalue weighted by Gasteiger charge is 2.24. The second-order valence-corrected chi connectivity index (χ2v) is 9.58. The topological polar surface area (TPSA) is 89.3 Å². The zero-order valence-electron chi connectivity index (χ0n) is 15.2. The quantitative estimate of drug-likeness (QED) is 0.414. The second-order valence-electron chi connectivity index (χ2n) is 6.07. The smallest absolute Gasteiger partial charge is 0.239 e. The van der Waals surface area contributed by atoms with Crippen LogP contribution in [0.1, 0.15) is 11.1 Å². The van der Waals surface area contributed by atoms with Gasteiger partial charge in [-0.3, -0.25) is 0 Å². The number of sulfonamides is 1. The molecule has 0 bridgehead atoms. The van der Waals surface area contributed by atoms with Gasteiger partial charge in [0.25, 0.3) is 0 Å². The minimum Gasteiger partial charge on any atom is -0.380 e. The van der Waals surface area contributed by atoms with Crippen LogP contribution in [0.2, 0.25) is 0 Å². The summed E-state index contributed by atoms with van der Waals surface area (Å²) in [6.45, 7) is 0.454. The van der Waals surface area contributed by atoms with E-state index in [0.717, 1.165) is 5.56 Å². The average molecular weight is 560 g/mol. The fourth-order valence-electron chi connectivity index (χ4n) is 2.73. The summed E-state index contributed by atoms with van der Waals surface area (Å²) in [7, 11) is -5.80. The van der Waals surface area contributed by atoms with Crippen molar-refractivity contribution in [2.45, 2.75) is 26.6 Å². The van der Waals surface area contributed by atoms with E-state index in [2.05, 4.69) is 21.2 Å². The van der Waals surface area contributed by atoms with Crippen molar-refractivity contribution >= 4 is 59.4 Å². The summed E-state index contributed by atoms with van der Waals surface area (Å²) in [6, 6.07) is 21.7. The van der Waals surface area contributed by atoms with Crippen molar-refractivity contribution in [1.29, 1.82) is 0 Å². The Morgan fingerprint density at radius 1 is 0.931 bits per heavy atom. The van der Waals surface area contributed by atoms with Gasteiger partial charge in [0.05, 0.1) is 21.4 Å². The Labute approximate surface area is 192 Å². The summed E-state index contributed by atoms with van der Waals surface area (Å²) in [6.07, 6.45) is 0. The van der Waals surface area contributed by atoms with Gasteiger partial charge in [0, 0.05) is 16.8 Å². The zero-order valence-corrected chi connectivity index (χ0v) is 20.2. The van der Waals surface area contributed by atoms with Crippen LogP contribution in [-0.4, -0.2) is 12.6 Å². The predicted molar refractivity (Wildman–Crippen MR) is 126 cm³/mol. The maximum Gasteiger partial charge on any atom is 0.239 e. The van der Waals surface area contributed by atoms with Crippen molar-refractivity contribution < 1.29 is 12.6 Å². The lowest BCUT2D eigenvalue weighted by molar-refractivity contribution is 0.595. The summed E-state index contributed by atoms with van der Waals surface area (Å²) in [5.74, 6) is 0. The number of benzene rings is 3. The summed E-state index contributed by atoms with van der Waals surface area (Å²) in [5.41, 5.74) is 2.21. The van der Waals surface area contributed by atoms with Crippen molar-refractivity contribution in [1.82, 2.24) is 0 Å². The molecule has 9 heteroatoms. The van der Waals surface area contributed by atoms with Gasteiger partial charge in [0.2, 0.25) is 10.0 Å². The minimum absolute atomic E-state index is 0. The fourth-order valence-corrected chi connectivity index (χ4v) is 5.52. The van der Waals surface area contributed by atoms with Gasteiger partial charge in [-0.2, -0.15) is 0 Å². The Hall–Kier alpha value is -1.52. The van der Waals surface area contributed by atoms with Gasteiger partial charge < -0.3 is 5.32 Å². The number of halogens is 2. The van der Waals surface area contributed by atoms with E-state index in [0.29, 0.717) is 28.0 Å². The first kappa shape index (κ1) is 23.8. The molecule has 0 spiro atoms. The molecule has 5 nitrogen and oxygen atoms in total. The van der Waals surface area contributed by atoms with E-state index in [9.17, 15) is 12.6 Å². The molecule has 3 aromatic carbocycles. The Morgan fingerprint density at radius 2 is 1.52 bits per heavy atom. The zero-order chi connectivity index (χ0) is 20.1. The van der Waals surface area contributed by atoms with Crippen molar-refractivity contribution in [3.8, 4) is 0 Å². The van der Waals surface area contributed by atoms with E-state index >= 15 is 0 Å². The molecule has 0 heterocycles. The van der Waals surface area contributed by atoms with Crippen molar-refractivity contribution in [3.63, 3.8) is 0 Å². The highest BCUT2D eigenvalue weighted by atomic mass is 79.9. The van der Waals surface area contributed by atoms with Gasteiger partial charge in [-0.1, -0.05) is 64.5 Å². The van der Waals surface area contributed by atoms with Crippen LogP contribution in [0, 0.1) is 0 Å². The third-order valence-electron chi connectivity index (χ3n) is 4.04. The summed E-state index contributed by atoms with van der Waals surface area (Å²) < 4.78 is 37.9. The molecule has 0 aliphatic rings. The second kappa shape index (κ2) is 10.5. The number of nitrogens with one attached hydrogen (secondary N) is 1. The van der Waals surface area contributed by atoms with Gasteiger partial charge in [0.15, 0.2) is 0 Å². The molecule has 3 rings (SSSR count). The first-order chi connectivity index (χ1) is 13.4. The van der Waals surface area contributed by atoms with Crippen LogP contribution in [0.3, 0.4) is 0 Å². The third kappa shape index (κ3) is 5.99. The standard InChI is InChI=1S/C20H19BrN2O3S2.BrH/c21-13-16-11-18(23-14-15-7-3-1-4-8-15)20(19(12-16)28(22,25)26)27(24)17-9-5-2-6-10-17;/h1-12,23H,13-14H2,(H2,22,25,26);1H. The number of primary sulfonamides is 1. The molecule has 0 fully saturated rings. The Morgan fingerprint density at radius 3 is 2.07 bits per heavy atom. The molecule has 0 saturated carbocycles. The normalized spacial score (nSPS) is 12.1. The van der Waals surface area contributed by atoms with Crippen molar-refractivity contribution in [2.24, 2.45) is 5.14 Å². The molecular formula is C20H20Br2N2O3S2. The monoisotopic (exact) mass is 558 g/mol. The number of anilines is 1. The Kier molecular flexibility index (Phi) is 8.59. The molecule has 3 aromatic rings. The average Bonchev–Trinajstić information content (AvgIpc) is 2.71. The van der Waals surface area contributed by atoms with Crippen molar-refractivity contribution in [2.75, 3.05) is 5.32 Å². The third-order valence-corrected chi connectivity index (χ3v) is 7.27. The van der Waals surface area contributed by atoms with Crippen LogP contribution in [0.4, 0.5) is 5.69 Å². The summed E-state index contributed by atoms with van der Waals surface area (Å²) in [5, 5.41) is 9.14. The Bertz CT molecular complexity index is 1090. The largest absolute Gasteiger partial charge is 0.380 e. The predicted octanol–water partition coefficient (Wildman–Crippen LogP) is 4.59. The lowest BCUT2D eigenvalue weighted by atomic mass is 10.2. The fraction of sp³-hybridized carbons (Fsp3) is 0.100. The number of hydrogen-bond acceptors (Lipinski definition) is 4. The molecule has 0 aliphatic carbocycles. The van der Waals surface area contributed by atoms with Crippen LogP contribution < -0.4 is 10.5 Å². The van der Waals surface area contributed by atoms with E-state index in [4.69, 9.17) is 5.14 Å². The van der Waals surface area contributed by atoms with E-state index < -0.39 is 20.8 Å². The maximum atomic E-state index is 13.3. The van der Waals surface area contributed by atoms with Crippen LogP contribution in [-0.2, 0) is 32.7 Å². The molecule has 3 N–H and O–H groups in total. The summed E-state index contributed by atoms with van der Waals surface area (Å²) >= 11 is 3.36. The van der Waals surface area contributed by atoms with Crippen LogP contribution >= 0.6 is 32.9 Å². The van der Waals surface area contributed by atoms with Gasteiger partial charge in [-0.15, -0.1) is 17.0 Å². The Balaban J connectivity index is 0.00000300. The lowest BCUT2D eigenvalue weighted by Crippen LogP contribution is -2.17. The molecule has 0 aliphatic heterocycles. The van der Waals surface area contributed by atoms with Crippen LogP contribution in [0.15, 0.2) is 87.5 Å². The molecule has 0 radical (unpaired) electrons. The van der Waals surface area contributed by atoms with Gasteiger partial charge in [0.1, 0.15) is 4.90 Å². The minimum atomic E-state index is -4.08. The van der Waals surface area contributed by atoms with E-state index in [1.54, 1.807) is 30.3 Å². The highest BCUT2D eigenvalue weighted by Crippen LogP contribution is 2.33. The summed E-state index contributed by atoms with van der Waals surface area (Å²) in [4.78, 5) is 0.526. The molecular weight excluding hydrogens is 540 g/mol. The van der Waals surface area contributed by atoms with Gasteiger partial charge in [-0.05, 0) is 35.4 Å². The first-order valence-corrected chi connectivity index (χ1v) is 12.2. The lowest BCUT2D eigenvalue weighted by Gasteiger charge is -2.17. The van der Waals surface area contributed by atoms with E-state index in [-0.39, 0.29) is 26.8 Å². The van der Waals surface area contributed by atoms with Gasteiger partial charge >= 0.3 is 0 Å². The number of alkyl halides is 1. The van der Waals surface area contributed by atoms with Crippen LogP contribution in [0.25, 0.3) is 0 Å². The molecule has 29 heavy (non-hydrogen) atoms. The molecule has 154 valence electrons. The first-order valence-electron chi connectivity index (χ1n) is 8.40. The van der Waals surface area contributed by atoms with Gasteiger partial charge in [-0.25, -0.2) is 17.8 Å². The van der Waals surface area contributed by atoms with E-state index in [1.807, 2.05) is 36.4 Å². The SMILES string of the molecule is Br.NS(=O)(=O)c1cc(CBr)cc(NCc2ccccc2)c1S(=O)c1ccccc1.